The number of carboxylic acid groups (broad SMARTS) is 1. The molecule has 1 aliphatic rings. The Morgan fingerprint density at radius 1 is 1.20 bits per heavy atom. The zero-order valence-electron chi connectivity index (χ0n) is 14.3. The number of rotatable bonds is 4. The van der Waals surface area contributed by atoms with E-state index in [9.17, 15) is 19.5 Å². The highest BCUT2D eigenvalue weighted by molar-refractivity contribution is 8.00. The van der Waals surface area contributed by atoms with Crippen LogP contribution in [0.4, 0.5) is 0 Å². The first-order valence-corrected chi connectivity index (χ1v) is 9.04. The number of fused-ring (bicyclic) bond motifs is 1. The lowest BCUT2D eigenvalue weighted by Gasteiger charge is -2.17. The van der Waals surface area contributed by atoms with Gasteiger partial charge in [0.05, 0.1) is 5.97 Å². The van der Waals surface area contributed by atoms with E-state index >= 15 is 0 Å². The van der Waals surface area contributed by atoms with Crippen molar-refractivity contribution in [1.29, 1.82) is 0 Å². The highest BCUT2D eigenvalue weighted by Gasteiger charge is 2.25. The van der Waals surface area contributed by atoms with Crippen molar-refractivity contribution < 1.29 is 9.90 Å². The van der Waals surface area contributed by atoms with Crippen molar-refractivity contribution in [3.8, 4) is 0 Å². The molecule has 0 saturated heterocycles. The molecule has 1 saturated carbocycles. The van der Waals surface area contributed by atoms with Gasteiger partial charge in [0.1, 0.15) is 16.2 Å². The average molecular weight is 363 g/mol. The Balaban J connectivity index is 2.31. The van der Waals surface area contributed by atoms with Crippen LogP contribution in [0.15, 0.2) is 14.6 Å². The molecular formula is C16H19N4O4S-. The molecule has 0 aliphatic heterocycles. The smallest absolute Gasteiger partial charge is 0.332 e. The molecule has 0 amide bonds. The van der Waals surface area contributed by atoms with Crippen LogP contribution in [0, 0.1) is 0 Å². The first kappa shape index (κ1) is 17.7. The van der Waals surface area contributed by atoms with Crippen molar-refractivity contribution >= 4 is 28.8 Å². The summed E-state index contributed by atoms with van der Waals surface area (Å²) >= 11 is 0.950. The number of carboxylic acids is 1. The van der Waals surface area contributed by atoms with E-state index in [1.165, 1.54) is 18.5 Å². The zero-order valence-corrected chi connectivity index (χ0v) is 15.1. The van der Waals surface area contributed by atoms with Gasteiger partial charge in [-0.05, 0) is 19.8 Å². The van der Waals surface area contributed by atoms with Crippen molar-refractivity contribution in [3.63, 3.8) is 0 Å². The summed E-state index contributed by atoms with van der Waals surface area (Å²) in [5.41, 5.74) is -0.750. The molecular weight excluding hydrogens is 344 g/mol. The van der Waals surface area contributed by atoms with Gasteiger partial charge in [-0.3, -0.25) is 13.9 Å². The van der Waals surface area contributed by atoms with Crippen LogP contribution < -0.4 is 16.4 Å². The first-order chi connectivity index (χ1) is 11.8. The Morgan fingerprint density at radius 2 is 1.84 bits per heavy atom. The average Bonchev–Trinajstić information content (AvgIpc) is 3.11. The van der Waals surface area contributed by atoms with Gasteiger partial charge < -0.3 is 9.90 Å². The first-order valence-electron chi connectivity index (χ1n) is 8.16. The van der Waals surface area contributed by atoms with Crippen LogP contribution in [0.3, 0.4) is 0 Å². The number of aryl methyl sites for hydroxylation is 1. The molecule has 2 heterocycles. The molecule has 0 spiro atoms. The normalized spacial score (nSPS) is 16.4. The Labute approximate surface area is 147 Å². The molecule has 1 atom stereocenters. The van der Waals surface area contributed by atoms with Crippen molar-refractivity contribution in [2.75, 3.05) is 0 Å². The molecule has 0 aromatic carbocycles. The van der Waals surface area contributed by atoms with Crippen LogP contribution in [-0.4, -0.2) is 30.3 Å². The van der Waals surface area contributed by atoms with Gasteiger partial charge in [-0.25, -0.2) is 14.8 Å². The molecule has 8 nitrogen and oxygen atoms in total. The van der Waals surface area contributed by atoms with Gasteiger partial charge in [0.15, 0.2) is 5.65 Å². The van der Waals surface area contributed by atoms with Crippen LogP contribution in [0.25, 0.3) is 11.0 Å². The van der Waals surface area contributed by atoms with Crippen molar-refractivity contribution in [2.45, 2.75) is 48.8 Å². The molecule has 3 rings (SSSR count). The quantitative estimate of drug-likeness (QED) is 0.552. The van der Waals surface area contributed by atoms with E-state index in [2.05, 4.69) is 9.97 Å². The number of hydrogen-bond donors (Lipinski definition) is 0. The molecule has 9 heteroatoms. The summed E-state index contributed by atoms with van der Waals surface area (Å²) in [4.78, 5) is 45.0. The highest BCUT2D eigenvalue weighted by Crippen LogP contribution is 2.34. The summed E-state index contributed by atoms with van der Waals surface area (Å²) in [6, 6.07) is 0. The molecule has 0 bridgehead atoms. The minimum atomic E-state index is -1.24. The van der Waals surface area contributed by atoms with Gasteiger partial charge in [-0.2, -0.15) is 0 Å². The Morgan fingerprint density at radius 3 is 2.44 bits per heavy atom. The van der Waals surface area contributed by atoms with Gasteiger partial charge in [-0.1, -0.05) is 24.6 Å². The van der Waals surface area contributed by atoms with E-state index in [0.29, 0.717) is 10.9 Å². The van der Waals surface area contributed by atoms with E-state index in [-0.39, 0.29) is 17.0 Å². The number of aromatic nitrogens is 4. The van der Waals surface area contributed by atoms with E-state index in [4.69, 9.17) is 0 Å². The predicted octanol–water partition coefficient (Wildman–Crippen LogP) is -0.0847. The molecule has 25 heavy (non-hydrogen) atoms. The number of nitrogens with zero attached hydrogens (tertiary/aromatic N) is 4. The third-order valence-corrected chi connectivity index (χ3v) is 5.69. The van der Waals surface area contributed by atoms with Gasteiger partial charge in [-0.15, -0.1) is 0 Å². The number of aliphatic carboxylic acids is 1. The fraction of sp³-hybridized carbons (Fsp3) is 0.562. The third-order valence-electron chi connectivity index (χ3n) is 4.62. The summed E-state index contributed by atoms with van der Waals surface area (Å²) in [6.45, 7) is 1.48. The molecule has 1 aliphatic carbocycles. The van der Waals surface area contributed by atoms with E-state index in [0.717, 1.165) is 42.0 Å². The van der Waals surface area contributed by atoms with Gasteiger partial charge in [0.2, 0.25) is 0 Å². The standard InChI is InChI=1S/C16H20N4O4S/c1-8(15(22)23)25-13-10-12(19(2)16(24)20(3)14(10)21)17-11(18-13)9-6-4-5-7-9/h8-9H,4-7H2,1-3H3,(H,22,23)/p-1/t8-/m1/s1. The lowest BCUT2D eigenvalue weighted by atomic mass is 10.1. The predicted molar refractivity (Wildman–Crippen MR) is 91.6 cm³/mol. The fourth-order valence-corrected chi connectivity index (χ4v) is 3.99. The van der Waals surface area contributed by atoms with Crippen molar-refractivity contribution in [2.24, 2.45) is 14.1 Å². The summed E-state index contributed by atoms with van der Waals surface area (Å²) in [6.07, 6.45) is 4.06. The summed E-state index contributed by atoms with van der Waals surface area (Å²) in [5, 5.41) is 10.7. The second kappa shape index (κ2) is 6.62. The van der Waals surface area contributed by atoms with Crippen molar-refractivity contribution in [3.05, 3.63) is 26.7 Å². The van der Waals surface area contributed by atoms with E-state index in [1.807, 2.05) is 0 Å². The number of thioether (sulfide) groups is 1. The number of carbonyl (C=O) groups is 1. The van der Waals surface area contributed by atoms with Crippen LogP contribution in [0.5, 0.6) is 0 Å². The maximum Gasteiger partial charge on any atom is 0.332 e. The largest absolute Gasteiger partial charge is 0.549 e. The number of hydrogen-bond acceptors (Lipinski definition) is 7. The fourth-order valence-electron chi connectivity index (χ4n) is 3.11. The summed E-state index contributed by atoms with van der Waals surface area (Å²) in [5.74, 6) is -0.497. The molecule has 1 fully saturated rings. The van der Waals surface area contributed by atoms with Crippen molar-refractivity contribution in [1.82, 2.24) is 19.1 Å². The Kier molecular flexibility index (Phi) is 4.68. The van der Waals surface area contributed by atoms with Crippen LogP contribution in [-0.2, 0) is 18.9 Å². The highest BCUT2D eigenvalue weighted by atomic mass is 32.2. The van der Waals surface area contributed by atoms with Gasteiger partial charge in [0.25, 0.3) is 5.56 Å². The van der Waals surface area contributed by atoms with Gasteiger partial charge >= 0.3 is 5.69 Å². The van der Waals surface area contributed by atoms with Gasteiger partial charge in [0, 0.05) is 25.3 Å². The van der Waals surface area contributed by atoms with Crippen LogP contribution in [0.2, 0.25) is 0 Å². The molecule has 2 aromatic heterocycles. The maximum absolute atomic E-state index is 12.6. The van der Waals surface area contributed by atoms with E-state index < -0.39 is 22.5 Å². The van der Waals surface area contributed by atoms with Crippen LogP contribution >= 0.6 is 11.8 Å². The lowest BCUT2D eigenvalue weighted by Crippen LogP contribution is -2.38. The monoisotopic (exact) mass is 363 g/mol. The SMILES string of the molecule is C[C@@H](Sc1nc(C2CCCC2)nc2c1c(=O)n(C)c(=O)n2C)C(=O)[O-]. The lowest BCUT2D eigenvalue weighted by molar-refractivity contribution is -0.304. The molecule has 0 radical (unpaired) electrons. The Bertz CT molecular complexity index is 959. The molecule has 0 unspecified atom stereocenters. The minimum absolute atomic E-state index is 0.168. The van der Waals surface area contributed by atoms with Crippen LogP contribution in [0.1, 0.15) is 44.3 Å². The topological polar surface area (TPSA) is 110 Å². The van der Waals surface area contributed by atoms with E-state index in [1.54, 1.807) is 7.05 Å². The molecule has 2 aromatic rings. The number of carbonyl (C=O) groups excluding carboxylic acids is 1. The summed E-state index contributed by atoms with van der Waals surface area (Å²) < 4.78 is 2.29. The second-order valence-corrected chi connectivity index (χ2v) is 7.68. The zero-order chi connectivity index (χ0) is 18.3. The minimum Gasteiger partial charge on any atom is -0.549 e. The second-order valence-electron chi connectivity index (χ2n) is 6.35. The Hall–Kier alpha value is -2.16. The maximum atomic E-state index is 12.6. The summed E-state index contributed by atoms with van der Waals surface area (Å²) in [7, 11) is 2.93. The molecule has 134 valence electrons. The third kappa shape index (κ3) is 3.08. The molecule has 0 N–H and O–H groups in total.